The molecule has 0 unspecified atom stereocenters. The molecule has 7 nitrogen and oxygen atoms in total. The number of carbonyl (C=O) groups is 2. The van der Waals surface area contributed by atoms with Gasteiger partial charge in [0, 0.05) is 43.2 Å². The van der Waals surface area contributed by atoms with E-state index < -0.39 is 5.97 Å². The Morgan fingerprint density at radius 3 is 2.96 bits per heavy atom. The Morgan fingerprint density at radius 1 is 1.31 bits per heavy atom. The number of nitrogens with one attached hydrogen (secondary N) is 1. The van der Waals surface area contributed by atoms with Crippen molar-refractivity contribution in [2.75, 3.05) is 18.4 Å². The zero-order valence-corrected chi connectivity index (χ0v) is 14.5. The number of amides is 1. The summed E-state index contributed by atoms with van der Waals surface area (Å²) in [4.78, 5) is 33.6. The number of hydrogen-bond acceptors (Lipinski definition) is 5. The summed E-state index contributed by atoms with van der Waals surface area (Å²) >= 11 is 0. The molecule has 1 aliphatic heterocycles. The number of benzene rings is 1. The minimum Gasteiger partial charge on any atom is -0.481 e. The van der Waals surface area contributed by atoms with Crippen molar-refractivity contribution in [2.45, 2.75) is 25.7 Å². The summed E-state index contributed by atoms with van der Waals surface area (Å²) in [5.41, 5.74) is 1.38. The highest BCUT2D eigenvalue weighted by molar-refractivity contribution is 5.95. The summed E-state index contributed by atoms with van der Waals surface area (Å²) in [6.45, 7) is 1.33. The largest absolute Gasteiger partial charge is 0.481 e. The molecule has 2 N–H and O–H groups in total. The van der Waals surface area contributed by atoms with E-state index in [1.54, 1.807) is 30.7 Å². The molecule has 0 radical (unpaired) electrons. The number of piperidine rings is 1. The van der Waals surface area contributed by atoms with Gasteiger partial charge in [0.05, 0.1) is 6.20 Å². The van der Waals surface area contributed by atoms with E-state index in [4.69, 9.17) is 5.11 Å². The maximum atomic E-state index is 12.8. The third-order valence-electron chi connectivity index (χ3n) is 4.52. The van der Waals surface area contributed by atoms with Crippen LogP contribution in [-0.2, 0) is 4.79 Å². The van der Waals surface area contributed by atoms with Crippen LogP contribution in [-0.4, -0.2) is 44.9 Å². The highest BCUT2D eigenvalue weighted by atomic mass is 16.4. The summed E-state index contributed by atoms with van der Waals surface area (Å²) in [7, 11) is 0. The lowest BCUT2D eigenvalue weighted by Gasteiger charge is -2.32. The number of carboxylic acids is 1. The number of carboxylic acid groups (broad SMARTS) is 1. The van der Waals surface area contributed by atoms with Crippen LogP contribution in [0.15, 0.2) is 42.9 Å². The molecule has 0 bridgehead atoms. The van der Waals surface area contributed by atoms with Crippen LogP contribution in [0.4, 0.5) is 11.5 Å². The molecule has 1 aromatic heterocycles. The van der Waals surface area contributed by atoms with Gasteiger partial charge in [-0.05, 0) is 43.4 Å². The lowest BCUT2D eigenvalue weighted by molar-refractivity contribution is -0.137. The number of nitrogens with zero attached hydrogens (tertiary/aromatic N) is 3. The van der Waals surface area contributed by atoms with Crippen LogP contribution in [0.2, 0.25) is 0 Å². The monoisotopic (exact) mass is 354 g/mol. The molecule has 1 aliphatic rings. The molecule has 2 heterocycles. The first-order valence-corrected chi connectivity index (χ1v) is 8.76. The van der Waals surface area contributed by atoms with E-state index >= 15 is 0 Å². The molecule has 1 saturated heterocycles. The molecule has 0 saturated carbocycles. The van der Waals surface area contributed by atoms with Gasteiger partial charge in [0.1, 0.15) is 5.82 Å². The Balaban J connectivity index is 1.65. The molecule has 7 heteroatoms. The van der Waals surface area contributed by atoms with Crippen molar-refractivity contribution in [1.29, 1.82) is 0 Å². The third-order valence-corrected chi connectivity index (χ3v) is 4.52. The van der Waals surface area contributed by atoms with E-state index in [-0.39, 0.29) is 18.2 Å². The minimum absolute atomic E-state index is 0.0205. The number of rotatable bonds is 6. The Bertz CT molecular complexity index is 766. The molecule has 1 atom stereocenters. The van der Waals surface area contributed by atoms with Crippen molar-refractivity contribution in [3.05, 3.63) is 48.4 Å². The Kier molecular flexibility index (Phi) is 5.78. The third kappa shape index (κ3) is 4.78. The van der Waals surface area contributed by atoms with Crippen LogP contribution in [0.1, 0.15) is 36.0 Å². The summed E-state index contributed by atoms with van der Waals surface area (Å²) in [5.74, 6) is 0.0672. The van der Waals surface area contributed by atoms with Gasteiger partial charge in [-0.25, -0.2) is 4.98 Å². The first-order valence-electron chi connectivity index (χ1n) is 8.76. The van der Waals surface area contributed by atoms with Crippen molar-refractivity contribution >= 4 is 23.4 Å². The average Bonchev–Trinajstić information content (AvgIpc) is 2.67. The predicted molar refractivity (Wildman–Crippen MR) is 97.3 cm³/mol. The van der Waals surface area contributed by atoms with Gasteiger partial charge in [-0.15, -0.1) is 0 Å². The van der Waals surface area contributed by atoms with Crippen LogP contribution in [0.5, 0.6) is 0 Å². The van der Waals surface area contributed by atoms with Crippen molar-refractivity contribution in [1.82, 2.24) is 14.9 Å². The fraction of sp³-hybridized carbons (Fsp3) is 0.368. The standard InChI is InChI=1S/C19H22N4O3/c24-18(25)7-6-14-3-2-10-23(13-14)19(26)15-4-1-5-16(11-15)22-17-12-20-8-9-21-17/h1,4-5,8-9,11-12,14H,2-3,6-7,10,13H2,(H,21,22)(H,24,25)/t14-/m1/s1. The van der Waals surface area contributed by atoms with E-state index in [1.165, 1.54) is 0 Å². The molecule has 136 valence electrons. The molecule has 1 aromatic carbocycles. The highest BCUT2D eigenvalue weighted by Gasteiger charge is 2.25. The van der Waals surface area contributed by atoms with Crippen molar-refractivity contribution < 1.29 is 14.7 Å². The summed E-state index contributed by atoms with van der Waals surface area (Å²) in [6.07, 6.45) is 7.48. The van der Waals surface area contributed by atoms with E-state index in [0.29, 0.717) is 30.9 Å². The molecular formula is C19H22N4O3. The predicted octanol–water partition coefficient (Wildman–Crippen LogP) is 2.94. The maximum absolute atomic E-state index is 12.8. The van der Waals surface area contributed by atoms with E-state index in [2.05, 4.69) is 15.3 Å². The van der Waals surface area contributed by atoms with E-state index in [1.807, 2.05) is 17.0 Å². The number of carbonyl (C=O) groups excluding carboxylic acids is 1. The number of aromatic nitrogens is 2. The second-order valence-electron chi connectivity index (χ2n) is 6.49. The van der Waals surface area contributed by atoms with Gasteiger partial charge in [0.15, 0.2) is 0 Å². The van der Waals surface area contributed by atoms with Crippen LogP contribution < -0.4 is 5.32 Å². The minimum atomic E-state index is -0.781. The number of anilines is 2. The Morgan fingerprint density at radius 2 is 2.19 bits per heavy atom. The Hall–Kier alpha value is -2.96. The van der Waals surface area contributed by atoms with Crippen molar-refractivity contribution in [3.63, 3.8) is 0 Å². The van der Waals surface area contributed by atoms with E-state index in [0.717, 1.165) is 18.5 Å². The lowest BCUT2D eigenvalue weighted by atomic mass is 9.93. The lowest BCUT2D eigenvalue weighted by Crippen LogP contribution is -2.40. The number of hydrogen-bond donors (Lipinski definition) is 2. The zero-order chi connectivity index (χ0) is 18.4. The quantitative estimate of drug-likeness (QED) is 0.828. The van der Waals surface area contributed by atoms with Crippen molar-refractivity contribution in [3.8, 4) is 0 Å². The molecule has 2 aromatic rings. The molecule has 26 heavy (non-hydrogen) atoms. The molecule has 0 spiro atoms. The average molecular weight is 354 g/mol. The van der Waals surface area contributed by atoms with Gasteiger partial charge >= 0.3 is 5.97 Å². The number of likely N-dealkylation sites (tertiary alicyclic amines) is 1. The fourth-order valence-corrected chi connectivity index (χ4v) is 3.24. The van der Waals surface area contributed by atoms with Crippen molar-refractivity contribution in [2.24, 2.45) is 5.92 Å². The smallest absolute Gasteiger partial charge is 0.303 e. The number of aliphatic carboxylic acids is 1. The highest BCUT2D eigenvalue weighted by Crippen LogP contribution is 2.23. The fourth-order valence-electron chi connectivity index (χ4n) is 3.24. The summed E-state index contributed by atoms with van der Waals surface area (Å²) < 4.78 is 0. The Labute approximate surface area is 152 Å². The van der Waals surface area contributed by atoms with Crippen LogP contribution in [0.25, 0.3) is 0 Å². The topological polar surface area (TPSA) is 95.4 Å². The first-order chi connectivity index (χ1) is 12.6. The van der Waals surface area contributed by atoms with Gasteiger partial charge in [-0.2, -0.15) is 0 Å². The van der Waals surface area contributed by atoms with Gasteiger partial charge in [0.2, 0.25) is 0 Å². The maximum Gasteiger partial charge on any atom is 0.303 e. The SMILES string of the molecule is O=C(O)CC[C@H]1CCCN(C(=O)c2cccc(Nc3cnccn3)c2)C1. The second-order valence-corrected chi connectivity index (χ2v) is 6.49. The molecule has 1 fully saturated rings. The molecule has 1 amide bonds. The van der Waals surface area contributed by atoms with Crippen LogP contribution in [0.3, 0.4) is 0 Å². The van der Waals surface area contributed by atoms with Gasteiger partial charge in [0.25, 0.3) is 5.91 Å². The van der Waals surface area contributed by atoms with Gasteiger partial charge < -0.3 is 15.3 Å². The van der Waals surface area contributed by atoms with E-state index in [9.17, 15) is 9.59 Å². The van der Waals surface area contributed by atoms with Crippen LogP contribution in [0, 0.1) is 5.92 Å². The van der Waals surface area contributed by atoms with Crippen LogP contribution >= 0.6 is 0 Å². The van der Waals surface area contributed by atoms with Gasteiger partial charge in [-0.1, -0.05) is 6.07 Å². The molecule has 3 rings (SSSR count). The summed E-state index contributed by atoms with van der Waals surface area (Å²) in [5, 5.41) is 12.0. The van der Waals surface area contributed by atoms with Gasteiger partial charge in [-0.3, -0.25) is 14.6 Å². The molecular weight excluding hydrogens is 332 g/mol. The molecule has 0 aliphatic carbocycles. The normalized spacial score (nSPS) is 16.9. The summed E-state index contributed by atoms with van der Waals surface area (Å²) in [6, 6.07) is 7.30. The zero-order valence-electron chi connectivity index (χ0n) is 14.5. The second kappa shape index (κ2) is 8.42. The first kappa shape index (κ1) is 17.8.